The number of benzene rings is 1. The molecule has 25 heavy (non-hydrogen) atoms. The zero-order chi connectivity index (χ0) is 17.4. The molecule has 1 aliphatic heterocycles. The lowest BCUT2D eigenvalue weighted by molar-refractivity contribution is 0.195. The van der Waals surface area contributed by atoms with Gasteiger partial charge in [0.25, 0.3) is 0 Å². The van der Waals surface area contributed by atoms with E-state index >= 15 is 0 Å². The minimum atomic E-state index is -0.179. The number of fused-ring (bicyclic) bond motifs is 1. The molecule has 3 heterocycles. The van der Waals surface area contributed by atoms with Crippen molar-refractivity contribution in [3.05, 3.63) is 65.3 Å². The summed E-state index contributed by atoms with van der Waals surface area (Å²) in [4.78, 5) is 11.8. The lowest BCUT2D eigenvalue weighted by Gasteiger charge is -2.33. The molecule has 1 aromatic carbocycles. The van der Waals surface area contributed by atoms with Crippen molar-refractivity contribution in [3.8, 4) is 0 Å². The molecule has 1 fully saturated rings. The van der Waals surface area contributed by atoms with E-state index in [9.17, 15) is 4.39 Å². The summed E-state index contributed by atoms with van der Waals surface area (Å²) in [5.41, 5.74) is 3.32. The first-order chi connectivity index (χ1) is 12.1. The van der Waals surface area contributed by atoms with Crippen LogP contribution in [-0.2, 0) is 6.54 Å². The van der Waals surface area contributed by atoms with E-state index in [1.54, 1.807) is 0 Å². The maximum atomic E-state index is 13.1. The fourth-order valence-corrected chi connectivity index (χ4v) is 3.87. The average Bonchev–Trinajstić information content (AvgIpc) is 2.97. The van der Waals surface area contributed by atoms with E-state index in [4.69, 9.17) is 4.98 Å². The number of likely N-dealkylation sites (tertiary alicyclic amines) is 1. The lowest BCUT2D eigenvalue weighted by atomic mass is 9.96. The molecule has 4 rings (SSSR count). The summed E-state index contributed by atoms with van der Waals surface area (Å²) in [5.74, 6) is 2.33. The first kappa shape index (κ1) is 16.2. The summed E-state index contributed by atoms with van der Waals surface area (Å²) in [6.07, 6.45) is 4.21. The minimum absolute atomic E-state index is 0.179. The van der Waals surface area contributed by atoms with E-state index in [2.05, 4.69) is 20.4 Å². The third kappa shape index (κ3) is 3.29. The molecule has 0 radical (unpaired) electrons. The maximum absolute atomic E-state index is 13.1. The van der Waals surface area contributed by atoms with Crippen molar-refractivity contribution in [2.75, 3.05) is 13.1 Å². The fourth-order valence-electron chi connectivity index (χ4n) is 3.87. The number of hydrogen-bond donors (Lipinski definition) is 0. The third-order valence-electron chi connectivity index (χ3n) is 5.03. The maximum Gasteiger partial charge on any atom is 0.123 e. The van der Waals surface area contributed by atoms with Gasteiger partial charge in [0.1, 0.15) is 17.5 Å². The second kappa shape index (κ2) is 6.56. The van der Waals surface area contributed by atoms with Crippen LogP contribution in [0.15, 0.2) is 36.5 Å². The summed E-state index contributed by atoms with van der Waals surface area (Å²) in [6, 6.07) is 8.92. The molecule has 0 unspecified atom stereocenters. The van der Waals surface area contributed by atoms with Gasteiger partial charge in [0.2, 0.25) is 0 Å². The van der Waals surface area contributed by atoms with Crippen LogP contribution in [0.2, 0.25) is 0 Å². The Kier molecular flexibility index (Phi) is 4.25. The number of imidazole rings is 1. The molecule has 5 heteroatoms. The molecule has 0 spiro atoms. The van der Waals surface area contributed by atoms with E-state index in [1.807, 2.05) is 32.2 Å². The second-order valence-electron chi connectivity index (χ2n) is 7.02. The Labute approximate surface area is 147 Å². The average molecular weight is 338 g/mol. The van der Waals surface area contributed by atoms with Crippen molar-refractivity contribution in [1.82, 2.24) is 19.3 Å². The topological polar surface area (TPSA) is 33.4 Å². The summed E-state index contributed by atoms with van der Waals surface area (Å²) in [6.45, 7) is 6.98. The number of rotatable bonds is 3. The van der Waals surface area contributed by atoms with Gasteiger partial charge in [-0.25, -0.2) is 14.4 Å². The largest absolute Gasteiger partial charge is 0.298 e. The van der Waals surface area contributed by atoms with Crippen LogP contribution < -0.4 is 0 Å². The Morgan fingerprint density at radius 2 is 2.00 bits per heavy atom. The van der Waals surface area contributed by atoms with Crippen molar-refractivity contribution in [3.63, 3.8) is 0 Å². The highest BCUT2D eigenvalue weighted by molar-refractivity contribution is 5.48. The normalized spacial score (nSPS) is 18.8. The molecular weight excluding hydrogens is 315 g/mol. The van der Waals surface area contributed by atoms with Crippen molar-refractivity contribution in [2.24, 2.45) is 0 Å². The summed E-state index contributed by atoms with van der Waals surface area (Å²) in [7, 11) is 0. The molecule has 2 aromatic heterocycles. The summed E-state index contributed by atoms with van der Waals surface area (Å²) in [5, 5.41) is 0. The summed E-state index contributed by atoms with van der Waals surface area (Å²) < 4.78 is 15.3. The monoisotopic (exact) mass is 338 g/mol. The van der Waals surface area contributed by atoms with Gasteiger partial charge < -0.3 is 0 Å². The molecule has 0 saturated carbocycles. The predicted molar refractivity (Wildman–Crippen MR) is 96.1 cm³/mol. The predicted octanol–water partition coefficient (Wildman–Crippen LogP) is 3.86. The number of halogens is 1. The van der Waals surface area contributed by atoms with Crippen LogP contribution in [0.3, 0.4) is 0 Å². The van der Waals surface area contributed by atoms with Crippen LogP contribution in [-0.4, -0.2) is 32.4 Å². The highest BCUT2D eigenvalue weighted by Crippen LogP contribution is 2.28. The van der Waals surface area contributed by atoms with Gasteiger partial charge in [0.15, 0.2) is 0 Å². The van der Waals surface area contributed by atoms with Crippen LogP contribution in [0.25, 0.3) is 5.52 Å². The number of piperidine rings is 1. The van der Waals surface area contributed by atoms with Crippen LogP contribution in [0.1, 0.15) is 41.7 Å². The smallest absolute Gasteiger partial charge is 0.123 e. The van der Waals surface area contributed by atoms with Crippen molar-refractivity contribution in [1.29, 1.82) is 0 Å². The molecule has 130 valence electrons. The SMILES string of the molecule is Cc1cc2cnc(C)n2c([C@H]2CCCN(Cc3ccc(F)cc3)C2)n1. The van der Waals surface area contributed by atoms with Gasteiger partial charge in [0, 0.05) is 24.7 Å². The molecule has 1 saturated heterocycles. The Hall–Kier alpha value is -2.27. The molecule has 4 nitrogen and oxygen atoms in total. The Morgan fingerprint density at radius 3 is 2.80 bits per heavy atom. The van der Waals surface area contributed by atoms with Gasteiger partial charge in [-0.15, -0.1) is 0 Å². The van der Waals surface area contributed by atoms with Gasteiger partial charge in [-0.2, -0.15) is 0 Å². The number of aryl methyl sites for hydroxylation is 2. The highest BCUT2D eigenvalue weighted by Gasteiger charge is 2.25. The number of hydrogen-bond acceptors (Lipinski definition) is 3. The Bertz CT molecular complexity index is 885. The van der Waals surface area contributed by atoms with E-state index in [1.165, 1.54) is 12.1 Å². The van der Waals surface area contributed by atoms with Crippen LogP contribution >= 0.6 is 0 Å². The number of aromatic nitrogens is 3. The fraction of sp³-hybridized carbons (Fsp3) is 0.400. The van der Waals surface area contributed by atoms with Crippen molar-refractivity contribution >= 4 is 5.52 Å². The first-order valence-corrected chi connectivity index (χ1v) is 8.88. The Balaban J connectivity index is 1.59. The first-order valence-electron chi connectivity index (χ1n) is 8.88. The lowest BCUT2D eigenvalue weighted by Crippen LogP contribution is -2.35. The third-order valence-corrected chi connectivity index (χ3v) is 5.03. The number of nitrogens with zero attached hydrogens (tertiary/aromatic N) is 4. The van der Waals surface area contributed by atoms with E-state index in [0.717, 1.165) is 60.9 Å². The molecule has 3 aromatic rings. The molecule has 1 atom stereocenters. The van der Waals surface area contributed by atoms with Crippen LogP contribution in [0.5, 0.6) is 0 Å². The van der Waals surface area contributed by atoms with Gasteiger partial charge in [-0.1, -0.05) is 12.1 Å². The molecular formula is C20H23FN4. The minimum Gasteiger partial charge on any atom is -0.298 e. The molecule has 1 aliphatic rings. The highest BCUT2D eigenvalue weighted by atomic mass is 19.1. The van der Waals surface area contributed by atoms with Crippen molar-refractivity contribution in [2.45, 2.75) is 39.2 Å². The molecule has 0 bridgehead atoms. The van der Waals surface area contributed by atoms with Gasteiger partial charge in [-0.3, -0.25) is 9.30 Å². The van der Waals surface area contributed by atoms with Gasteiger partial charge in [0.05, 0.1) is 11.7 Å². The zero-order valence-electron chi connectivity index (χ0n) is 14.7. The second-order valence-corrected chi connectivity index (χ2v) is 7.02. The van der Waals surface area contributed by atoms with Crippen LogP contribution in [0, 0.1) is 19.7 Å². The van der Waals surface area contributed by atoms with E-state index in [-0.39, 0.29) is 5.82 Å². The summed E-state index contributed by atoms with van der Waals surface area (Å²) >= 11 is 0. The van der Waals surface area contributed by atoms with E-state index in [0.29, 0.717) is 5.92 Å². The molecule has 0 N–H and O–H groups in total. The Morgan fingerprint density at radius 1 is 1.20 bits per heavy atom. The van der Waals surface area contributed by atoms with Gasteiger partial charge >= 0.3 is 0 Å². The van der Waals surface area contributed by atoms with Gasteiger partial charge in [-0.05, 0) is 57.0 Å². The molecule has 0 amide bonds. The zero-order valence-corrected chi connectivity index (χ0v) is 14.7. The molecule has 0 aliphatic carbocycles. The van der Waals surface area contributed by atoms with Crippen molar-refractivity contribution < 1.29 is 4.39 Å². The quantitative estimate of drug-likeness (QED) is 0.727. The van der Waals surface area contributed by atoms with E-state index < -0.39 is 0 Å². The standard InChI is InChI=1S/C20H23FN4/c1-14-10-19-11-22-15(2)25(19)20(23-14)17-4-3-9-24(13-17)12-16-5-7-18(21)8-6-16/h5-8,10-11,17H,3-4,9,12-13H2,1-2H3/t17-/m0/s1. The van der Waals surface area contributed by atoms with Crippen LogP contribution in [0.4, 0.5) is 4.39 Å².